The van der Waals surface area contributed by atoms with E-state index in [2.05, 4.69) is 12.2 Å². The molecule has 0 amide bonds. The van der Waals surface area contributed by atoms with Crippen LogP contribution in [0.5, 0.6) is 5.75 Å². The number of hydrogen-bond donors (Lipinski definition) is 1. The largest absolute Gasteiger partial charge is 0.496 e. The minimum absolute atomic E-state index is 0.709. The van der Waals surface area contributed by atoms with Crippen LogP contribution in [0.15, 0.2) is 18.2 Å². The van der Waals surface area contributed by atoms with Crippen LogP contribution in [0, 0.1) is 0 Å². The van der Waals surface area contributed by atoms with Gasteiger partial charge in [0.25, 0.3) is 0 Å². The third kappa shape index (κ3) is 3.20. The van der Waals surface area contributed by atoms with E-state index in [1.807, 2.05) is 18.2 Å². The molecule has 1 aromatic carbocycles. The minimum Gasteiger partial charge on any atom is -0.496 e. The Morgan fingerprint density at radius 1 is 1.43 bits per heavy atom. The van der Waals surface area contributed by atoms with Crippen molar-refractivity contribution in [2.75, 3.05) is 13.7 Å². The number of benzene rings is 1. The molecule has 0 aliphatic rings. The Labute approximate surface area is 90.2 Å². The van der Waals surface area contributed by atoms with Crippen LogP contribution in [0.2, 0.25) is 5.02 Å². The van der Waals surface area contributed by atoms with Gasteiger partial charge in [-0.05, 0) is 25.1 Å². The molecule has 0 unspecified atom stereocenters. The minimum atomic E-state index is 0.709. The van der Waals surface area contributed by atoms with Crippen molar-refractivity contribution >= 4 is 11.6 Å². The van der Waals surface area contributed by atoms with E-state index in [0.717, 1.165) is 30.8 Å². The first-order valence-corrected chi connectivity index (χ1v) is 5.19. The predicted octanol–water partition coefficient (Wildman–Crippen LogP) is 2.85. The van der Waals surface area contributed by atoms with Crippen molar-refractivity contribution in [3.63, 3.8) is 0 Å². The van der Waals surface area contributed by atoms with Gasteiger partial charge in [0, 0.05) is 17.1 Å². The van der Waals surface area contributed by atoms with Crippen molar-refractivity contribution in [3.05, 3.63) is 28.8 Å². The molecule has 0 heterocycles. The van der Waals surface area contributed by atoms with Crippen LogP contribution in [0.3, 0.4) is 0 Å². The molecular formula is C11H16ClNO. The number of nitrogens with one attached hydrogen (secondary N) is 1. The maximum absolute atomic E-state index is 5.86. The van der Waals surface area contributed by atoms with Crippen molar-refractivity contribution in [1.82, 2.24) is 5.32 Å². The molecule has 0 bridgehead atoms. The van der Waals surface area contributed by atoms with Crippen LogP contribution in [-0.4, -0.2) is 13.7 Å². The molecule has 3 heteroatoms. The number of ether oxygens (including phenoxy) is 1. The van der Waals surface area contributed by atoms with Crippen molar-refractivity contribution in [2.24, 2.45) is 0 Å². The van der Waals surface area contributed by atoms with Crippen LogP contribution in [0.4, 0.5) is 0 Å². The van der Waals surface area contributed by atoms with E-state index in [4.69, 9.17) is 16.3 Å². The average Bonchev–Trinajstić information content (AvgIpc) is 2.20. The molecule has 0 aliphatic carbocycles. The molecule has 0 aliphatic heterocycles. The fraction of sp³-hybridized carbons (Fsp3) is 0.455. The fourth-order valence-electron chi connectivity index (χ4n) is 1.26. The smallest absolute Gasteiger partial charge is 0.124 e. The highest BCUT2D eigenvalue weighted by Crippen LogP contribution is 2.22. The summed E-state index contributed by atoms with van der Waals surface area (Å²) in [4.78, 5) is 0. The Hall–Kier alpha value is -0.730. The summed E-state index contributed by atoms with van der Waals surface area (Å²) in [6.07, 6.45) is 1.13. The predicted molar refractivity (Wildman–Crippen MR) is 60.0 cm³/mol. The molecule has 1 N–H and O–H groups in total. The lowest BCUT2D eigenvalue weighted by atomic mass is 10.2. The number of rotatable bonds is 5. The number of halogens is 1. The van der Waals surface area contributed by atoms with Gasteiger partial charge in [0.15, 0.2) is 0 Å². The molecule has 0 fully saturated rings. The Morgan fingerprint density at radius 2 is 2.21 bits per heavy atom. The normalized spacial score (nSPS) is 10.2. The van der Waals surface area contributed by atoms with E-state index < -0.39 is 0 Å². The molecule has 0 saturated carbocycles. The highest BCUT2D eigenvalue weighted by molar-refractivity contribution is 6.30. The summed E-state index contributed by atoms with van der Waals surface area (Å²) in [6.45, 7) is 3.99. The summed E-state index contributed by atoms with van der Waals surface area (Å²) in [6, 6.07) is 5.71. The van der Waals surface area contributed by atoms with Crippen molar-refractivity contribution in [3.8, 4) is 5.75 Å². The monoisotopic (exact) mass is 213 g/mol. The lowest BCUT2D eigenvalue weighted by Crippen LogP contribution is -2.14. The van der Waals surface area contributed by atoms with Gasteiger partial charge >= 0.3 is 0 Å². The number of hydrogen-bond acceptors (Lipinski definition) is 2. The van der Waals surface area contributed by atoms with Crippen molar-refractivity contribution in [1.29, 1.82) is 0 Å². The maximum atomic E-state index is 5.86. The van der Waals surface area contributed by atoms with Crippen molar-refractivity contribution < 1.29 is 4.74 Å². The Balaban J connectivity index is 2.65. The molecule has 1 aromatic rings. The zero-order chi connectivity index (χ0) is 10.4. The number of methoxy groups -OCH3 is 1. The summed E-state index contributed by atoms with van der Waals surface area (Å²) in [7, 11) is 1.66. The molecule has 0 radical (unpaired) electrons. The summed E-state index contributed by atoms with van der Waals surface area (Å²) in [5.74, 6) is 0.848. The van der Waals surface area contributed by atoms with Crippen LogP contribution in [0.25, 0.3) is 0 Å². The Morgan fingerprint density at radius 3 is 2.86 bits per heavy atom. The van der Waals surface area contributed by atoms with Gasteiger partial charge in [-0.2, -0.15) is 0 Å². The third-order valence-corrected chi connectivity index (χ3v) is 2.23. The van der Waals surface area contributed by atoms with Crippen molar-refractivity contribution in [2.45, 2.75) is 19.9 Å². The molecule has 2 nitrogen and oxygen atoms in total. The summed E-state index contributed by atoms with van der Waals surface area (Å²) in [5, 5.41) is 4.03. The molecule has 78 valence electrons. The highest BCUT2D eigenvalue weighted by atomic mass is 35.5. The van der Waals surface area contributed by atoms with Gasteiger partial charge in [-0.15, -0.1) is 0 Å². The highest BCUT2D eigenvalue weighted by Gasteiger charge is 2.02. The van der Waals surface area contributed by atoms with E-state index in [1.54, 1.807) is 7.11 Å². The lowest BCUT2D eigenvalue weighted by Gasteiger charge is -2.09. The average molecular weight is 214 g/mol. The van der Waals surface area contributed by atoms with Gasteiger partial charge in [0.1, 0.15) is 5.75 Å². The summed E-state index contributed by atoms with van der Waals surface area (Å²) in [5.41, 5.74) is 1.14. The molecule has 0 spiro atoms. The van der Waals surface area contributed by atoms with E-state index in [0.29, 0.717) is 5.02 Å². The fourth-order valence-corrected chi connectivity index (χ4v) is 1.43. The van der Waals surface area contributed by atoms with E-state index in [1.165, 1.54) is 0 Å². The molecule has 0 atom stereocenters. The molecular weight excluding hydrogens is 198 g/mol. The zero-order valence-corrected chi connectivity index (χ0v) is 9.40. The van der Waals surface area contributed by atoms with Crippen LogP contribution >= 0.6 is 11.6 Å². The van der Waals surface area contributed by atoms with E-state index in [-0.39, 0.29) is 0 Å². The topological polar surface area (TPSA) is 21.3 Å². The summed E-state index contributed by atoms with van der Waals surface area (Å²) < 4.78 is 5.23. The second-order valence-electron chi connectivity index (χ2n) is 3.13. The molecule has 14 heavy (non-hydrogen) atoms. The first-order valence-electron chi connectivity index (χ1n) is 4.81. The van der Waals surface area contributed by atoms with Crippen LogP contribution < -0.4 is 10.1 Å². The van der Waals surface area contributed by atoms with Gasteiger partial charge in [0.05, 0.1) is 7.11 Å². The Bertz CT molecular complexity index is 289. The van der Waals surface area contributed by atoms with Gasteiger partial charge in [0.2, 0.25) is 0 Å². The second-order valence-corrected chi connectivity index (χ2v) is 3.57. The van der Waals surface area contributed by atoms with Gasteiger partial charge in [-0.1, -0.05) is 24.6 Å². The third-order valence-electron chi connectivity index (χ3n) is 1.99. The second kappa shape index (κ2) is 5.89. The Kier molecular flexibility index (Phi) is 4.77. The first kappa shape index (κ1) is 11.3. The van der Waals surface area contributed by atoms with E-state index >= 15 is 0 Å². The van der Waals surface area contributed by atoms with Gasteiger partial charge < -0.3 is 10.1 Å². The van der Waals surface area contributed by atoms with E-state index in [9.17, 15) is 0 Å². The molecule has 0 aromatic heterocycles. The van der Waals surface area contributed by atoms with Gasteiger partial charge in [-0.25, -0.2) is 0 Å². The maximum Gasteiger partial charge on any atom is 0.124 e. The lowest BCUT2D eigenvalue weighted by molar-refractivity contribution is 0.408. The van der Waals surface area contributed by atoms with Gasteiger partial charge in [-0.3, -0.25) is 0 Å². The quantitative estimate of drug-likeness (QED) is 0.760. The SMILES string of the molecule is CCCNCc1ccc(Cl)cc1OC. The standard InChI is InChI=1S/C11H16ClNO/c1-3-6-13-8-9-4-5-10(12)7-11(9)14-2/h4-5,7,13H,3,6,8H2,1-2H3. The molecule has 1 rings (SSSR count). The van der Waals surface area contributed by atoms with Crippen LogP contribution in [-0.2, 0) is 6.54 Å². The molecule has 0 saturated heterocycles. The summed E-state index contributed by atoms with van der Waals surface area (Å²) >= 11 is 5.86. The first-order chi connectivity index (χ1) is 6.77. The zero-order valence-electron chi connectivity index (χ0n) is 8.64. The van der Waals surface area contributed by atoms with Crippen LogP contribution in [0.1, 0.15) is 18.9 Å².